The van der Waals surface area contributed by atoms with Crippen molar-refractivity contribution >= 4 is 24.2 Å². The van der Waals surface area contributed by atoms with E-state index in [9.17, 15) is 0 Å². The number of nitrogens with zero attached hydrogens (tertiary/aromatic N) is 3. The van der Waals surface area contributed by atoms with Crippen LogP contribution < -0.4 is 5.32 Å². The van der Waals surface area contributed by atoms with Crippen molar-refractivity contribution in [1.82, 2.24) is 20.4 Å². The van der Waals surface area contributed by atoms with Gasteiger partial charge in [0.15, 0.2) is 5.82 Å². The lowest BCUT2D eigenvalue weighted by molar-refractivity contribution is 0.382. The van der Waals surface area contributed by atoms with Crippen molar-refractivity contribution in [3.63, 3.8) is 0 Å². The van der Waals surface area contributed by atoms with Crippen molar-refractivity contribution in [2.45, 2.75) is 30.9 Å². The number of aromatic nitrogens is 3. The third-order valence-corrected chi connectivity index (χ3v) is 3.72. The maximum atomic E-state index is 5.23. The van der Waals surface area contributed by atoms with Crippen molar-refractivity contribution in [2.75, 3.05) is 7.05 Å². The minimum Gasteiger partial charge on any atom is -0.338 e. The first kappa shape index (κ1) is 16.9. The number of rotatable bonds is 7. The summed E-state index contributed by atoms with van der Waals surface area (Å²) >= 11 is 1.76. The number of hydrogen-bond acceptors (Lipinski definition) is 6. The molecule has 2 rings (SSSR count). The molecule has 0 fully saturated rings. The zero-order chi connectivity index (χ0) is 13.5. The lowest BCUT2D eigenvalue weighted by Crippen LogP contribution is -2.24. The summed E-state index contributed by atoms with van der Waals surface area (Å²) in [6, 6.07) is 4.39. The Bertz CT molecular complexity index is 494. The molecular formula is C13H19ClN4OS. The van der Waals surface area contributed by atoms with Crippen molar-refractivity contribution in [3.8, 4) is 0 Å². The summed E-state index contributed by atoms with van der Waals surface area (Å²) in [7, 11) is 1.93. The molecule has 0 aromatic carbocycles. The minimum absolute atomic E-state index is 0. The lowest BCUT2D eigenvalue weighted by Gasteiger charge is -2.04. The van der Waals surface area contributed by atoms with Gasteiger partial charge >= 0.3 is 0 Å². The number of nitrogens with one attached hydrogen (secondary N) is 1. The molecule has 1 N–H and O–H groups in total. The number of thioether (sulfide) groups is 1. The Hall–Kier alpha value is -1.11. The molecule has 0 spiro atoms. The highest BCUT2D eigenvalue weighted by atomic mass is 35.5. The van der Waals surface area contributed by atoms with Gasteiger partial charge in [0, 0.05) is 30.6 Å². The van der Waals surface area contributed by atoms with Gasteiger partial charge in [0.25, 0.3) is 0 Å². The highest BCUT2D eigenvalue weighted by molar-refractivity contribution is 7.97. The molecule has 110 valence electrons. The number of pyridine rings is 1. The third kappa shape index (κ3) is 5.48. The van der Waals surface area contributed by atoms with Crippen LogP contribution in [0.2, 0.25) is 0 Å². The fraction of sp³-hybridized carbons (Fsp3) is 0.462. The van der Waals surface area contributed by atoms with Crippen LogP contribution in [0.4, 0.5) is 0 Å². The average molecular weight is 315 g/mol. The van der Waals surface area contributed by atoms with Gasteiger partial charge in [0.1, 0.15) is 0 Å². The molecule has 0 radical (unpaired) electrons. The number of halogens is 1. The standard InChI is InChI=1S/C13H18N4OS.ClH/c1-10(14-2)7-12-16-13(18-17-12)9-19-8-11-3-5-15-6-4-11;/h3-6,10,14H,7-9H2,1-2H3;1H. The highest BCUT2D eigenvalue weighted by Gasteiger charge is 2.09. The largest absolute Gasteiger partial charge is 0.338 e. The SMILES string of the molecule is CNC(C)Cc1noc(CSCc2ccncc2)n1.Cl. The van der Waals surface area contributed by atoms with Gasteiger partial charge in [0.2, 0.25) is 5.89 Å². The van der Waals surface area contributed by atoms with E-state index in [2.05, 4.69) is 27.4 Å². The first-order chi connectivity index (χ1) is 9.28. The predicted octanol–water partition coefficient (Wildman–Crippen LogP) is 2.47. The molecule has 2 aromatic rings. The molecule has 7 heteroatoms. The van der Waals surface area contributed by atoms with Crippen LogP contribution in [-0.4, -0.2) is 28.2 Å². The Balaban J connectivity index is 0.00000200. The van der Waals surface area contributed by atoms with Gasteiger partial charge in [-0.3, -0.25) is 4.98 Å². The van der Waals surface area contributed by atoms with Crippen LogP contribution in [0.1, 0.15) is 24.2 Å². The van der Waals surface area contributed by atoms with Gasteiger partial charge in [0.05, 0.1) is 5.75 Å². The first-order valence-corrected chi connectivity index (χ1v) is 7.38. The summed E-state index contributed by atoms with van der Waals surface area (Å²) in [5, 5.41) is 7.13. The Morgan fingerprint density at radius 2 is 2.05 bits per heavy atom. The summed E-state index contributed by atoms with van der Waals surface area (Å²) in [5.41, 5.74) is 1.25. The molecule has 0 bridgehead atoms. The molecule has 0 aliphatic carbocycles. The van der Waals surface area contributed by atoms with Gasteiger partial charge in [-0.1, -0.05) is 5.16 Å². The Labute approximate surface area is 129 Å². The van der Waals surface area contributed by atoms with Gasteiger partial charge in [-0.05, 0) is 31.7 Å². The molecule has 2 aromatic heterocycles. The van der Waals surface area contributed by atoms with Crippen LogP contribution in [0.25, 0.3) is 0 Å². The summed E-state index contributed by atoms with van der Waals surface area (Å²) in [6.07, 6.45) is 4.40. The molecule has 0 aliphatic rings. The van der Waals surface area contributed by atoms with Crippen LogP contribution in [0.5, 0.6) is 0 Å². The third-order valence-electron chi connectivity index (χ3n) is 2.74. The zero-order valence-electron chi connectivity index (χ0n) is 11.6. The molecule has 20 heavy (non-hydrogen) atoms. The molecule has 1 unspecified atom stereocenters. The smallest absolute Gasteiger partial charge is 0.236 e. The van der Waals surface area contributed by atoms with Crippen molar-refractivity contribution in [3.05, 3.63) is 41.8 Å². The quantitative estimate of drug-likeness (QED) is 0.847. The highest BCUT2D eigenvalue weighted by Crippen LogP contribution is 2.16. The lowest BCUT2D eigenvalue weighted by atomic mass is 10.2. The van der Waals surface area contributed by atoms with E-state index in [0.717, 1.165) is 23.8 Å². The zero-order valence-corrected chi connectivity index (χ0v) is 13.2. The summed E-state index contributed by atoms with van der Waals surface area (Å²) in [5.74, 6) is 3.12. The average Bonchev–Trinajstić information content (AvgIpc) is 2.87. The second-order valence-electron chi connectivity index (χ2n) is 4.35. The first-order valence-electron chi connectivity index (χ1n) is 6.23. The molecule has 5 nitrogen and oxygen atoms in total. The molecule has 0 saturated carbocycles. The topological polar surface area (TPSA) is 63.8 Å². The normalized spacial score (nSPS) is 11.9. The second-order valence-corrected chi connectivity index (χ2v) is 5.33. The van der Waals surface area contributed by atoms with Crippen molar-refractivity contribution in [1.29, 1.82) is 0 Å². The van der Waals surface area contributed by atoms with Crippen molar-refractivity contribution < 1.29 is 4.52 Å². The molecular weight excluding hydrogens is 296 g/mol. The summed E-state index contributed by atoms with van der Waals surface area (Å²) in [4.78, 5) is 8.37. The Kier molecular flexibility index (Phi) is 7.58. The van der Waals surface area contributed by atoms with E-state index in [0.29, 0.717) is 11.9 Å². The minimum atomic E-state index is 0. The van der Waals surface area contributed by atoms with Gasteiger partial charge in [-0.25, -0.2) is 0 Å². The predicted molar refractivity (Wildman–Crippen MR) is 83.0 cm³/mol. The van der Waals surface area contributed by atoms with Crippen LogP contribution >= 0.6 is 24.2 Å². The van der Waals surface area contributed by atoms with E-state index in [-0.39, 0.29) is 12.4 Å². The number of hydrogen-bond donors (Lipinski definition) is 1. The molecule has 0 saturated heterocycles. The molecule has 1 atom stereocenters. The van der Waals surface area contributed by atoms with E-state index in [1.54, 1.807) is 24.2 Å². The van der Waals surface area contributed by atoms with Crippen LogP contribution in [0, 0.1) is 0 Å². The Morgan fingerprint density at radius 1 is 1.30 bits per heavy atom. The maximum Gasteiger partial charge on any atom is 0.236 e. The summed E-state index contributed by atoms with van der Waals surface area (Å²) < 4.78 is 5.23. The van der Waals surface area contributed by atoms with Crippen LogP contribution in [0.3, 0.4) is 0 Å². The monoisotopic (exact) mass is 314 g/mol. The van der Waals surface area contributed by atoms with E-state index in [1.807, 2.05) is 19.2 Å². The van der Waals surface area contributed by atoms with Crippen LogP contribution in [0.15, 0.2) is 29.0 Å². The van der Waals surface area contributed by atoms with Gasteiger partial charge in [-0.15, -0.1) is 24.2 Å². The summed E-state index contributed by atoms with van der Waals surface area (Å²) in [6.45, 7) is 2.09. The van der Waals surface area contributed by atoms with Crippen LogP contribution in [-0.2, 0) is 17.9 Å². The van der Waals surface area contributed by atoms with E-state index < -0.39 is 0 Å². The fourth-order valence-electron chi connectivity index (χ4n) is 1.54. The maximum absolute atomic E-state index is 5.23. The second kappa shape index (κ2) is 8.94. The van der Waals surface area contributed by atoms with E-state index in [1.165, 1.54) is 5.56 Å². The van der Waals surface area contributed by atoms with E-state index in [4.69, 9.17) is 4.52 Å². The molecule has 2 heterocycles. The Morgan fingerprint density at radius 3 is 2.75 bits per heavy atom. The van der Waals surface area contributed by atoms with Gasteiger partial charge in [-0.2, -0.15) is 4.98 Å². The van der Waals surface area contributed by atoms with Crippen molar-refractivity contribution in [2.24, 2.45) is 0 Å². The van der Waals surface area contributed by atoms with E-state index >= 15 is 0 Å². The molecule has 0 amide bonds. The fourth-order valence-corrected chi connectivity index (χ4v) is 2.36. The molecule has 0 aliphatic heterocycles. The number of likely N-dealkylation sites (N-methyl/N-ethyl adjacent to an activating group) is 1. The van der Waals surface area contributed by atoms with Gasteiger partial charge < -0.3 is 9.84 Å².